The number of para-hydroxylation sites is 3. The lowest BCUT2D eigenvalue weighted by molar-refractivity contribution is -0.385. The molecule has 1 fully saturated rings. The second-order valence-corrected chi connectivity index (χ2v) is 10.5. The average molecular weight is 506 g/mol. The Balaban J connectivity index is 1.24. The van der Waals surface area contributed by atoms with Crippen molar-refractivity contribution in [2.24, 2.45) is 0 Å². The molecule has 0 radical (unpaired) electrons. The van der Waals surface area contributed by atoms with Crippen LogP contribution in [0.5, 0.6) is 0 Å². The first-order valence-electron chi connectivity index (χ1n) is 11.4. The summed E-state index contributed by atoms with van der Waals surface area (Å²) < 4.78 is 27.8. The molecule has 0 aliphatic carbocycles. The van der Waals surface area contributed by atoms with Gasteiger partial charge in [-0.1, -0.05) is 24.3 Å². The lowest BCUT2D eigenvalue weighted by atomic mass is 9.97. The summed E-state index contributed by atoms with van der Waals surface area (Å²) >= 11 is 0. The van der Waals surface area contributed by atoms with Gasteiger partial charge >= 0.3 is 0 Å². The van der Waals surface area contributed by atoms with Gasteiger partial charge in [-0.05, 0) is 55.3 Å². The zero-order chi connectivity index (χ0) is 25.3. The molecule has 1 amide bonds. The highest BCUT2D eigenvalue weighted by molar-refractivity contribution is 7.89. The van der Waals surface area contributed by atoms with E-state index in [4.69, 9.17) is 0 Å². The number of hydrogen-bond acceptors (Lipinski definition) is 6. The normalized spacial score (nSPS) is 15.1. The van der Waals surface area contributed by atoms with Gasteiger partial charge in [0, 0.05) is 30.8 Å². The van der Waals surface area contributed by atoms with Gasteiger partial charge in [0.1, 0.15) is 11.4 Å². The van der Waals surface area contributed by atoms with E-state index in [-0.39, 0.29) is 22.1 Å². The minimum Gasteiger partial charge on any atom is -0.342 e. The molecule has 5 rings (SSSR count). The van der Waals surface area contributed by atoms with E-state index in [1.807, 2.05) is 24.3 Å². The molecule has 3 aromatic carbocycles. The first kappa shape index (κ1) is 23.6. The molecular weight excluding hydrogens is 482 g/mol. The van der Waals surface area contributed by atoms with E-state index in [1.54, 1.807) is 0 Å². The molecule has 1 aromatic heterocycles. The summed E-state index contributed by atoms with van der Waals surface area (Å²) in [6.45, 7) is 0.750. The van der Waals surface area contributed by atoms with E-state index < -0.39 is 20.9 Å². The van der Waals surface area contributed by atoms with Crippen LogP contribution in [0.25, 0.3) is 11.0 Å². The molecule has 36 heavy (non-hydrogen) atoms. The minimum atomic E-state index is -3.71. The zero-order valence-corrected chi connectivity index (χ0v) is 19.9. The number of fused-ring (bicyclic) bond motifs is 1. The van der Waals surface area contributed by atoms with Crippen LogP contribution >= 0.6 is 0 Å². The molecule has 1 aliphatic rings. The Hall–Kier alpha value is -4.09. The number of aromatic amines is 1. The summed E-state index contributed by atoms with van der Waals surface area (Å²) in [7, 11) is -3.71. The summed E-state index contributed by atoms with van der Waals surface area (Å²) in [5, 5.41) is 13.8. The Kier molecular flexibility index (Phi) is 6.25. The predicted octanol–water partition coefficient (Wildman–Crippen LogP) is 4.29. The van der Waals surface area contributed by atoms with E-state index in [0.29, 0.717) is 31.6 Å². The van der Waals surface area contributed by atoms with Gasteiger partial charge in [-0.2, -0.15) is 4.31 Å². The van der Waals surface area contributed by atoms with Gasteiger partial charge in [0.05, 0.1) is 20.9 Å². The van der Waals surface area contributed by atoms with Gasteiger partial charge in [-0.3, -0.25) is 14.9 Å². The number of nitro benzene ring substituents is 1. The van der Waals surface area contributed by atoms with Gasteiger partial charge in [0.15, 0.2) is 0 Å². The van der Waals surface area contributed by atoms with E-state index in [9.17, 15) is 23.3 Å². The van der Waals surface area contributed by atoms with Gasteiger partial charge in [0.25, 0.3) is 11.6 Å². The zero-order valence-electron chi connectivity index (χ0n) is 19.1. The van der Waals surface area contributed by atoms with E-state index in [2.05, 4.69) is 15.3 Å². The minimum absolute atomic E-state index is 0.0773. The number of benzene rings is 3. The number of nitrogens with one attached hydrogen (secondary N) is 2. The van der Waals surface area contributed by atoms with Crippen LogP contribution in [0, 0.1) is 10.1 Å². The van der Waals surface area contributed by atoms with E-state index in [0.717, 1.165) is 16.9 Å². The molecule has 11 heteroatoms. The van der Waals surface area contributed by atoms with Gasteiger partial charge < -0.3 is 10.3 Å². The predicted molar refractivity (Wildman–Crippen MR) is 134 cm³/mol. The third kappa shape index (κ3) is 4.58. The Bertz CT molecular complexity index is 1510. The smallest absolute Gasteiger partial charge is 0.282 e. The summed E-state index contributed by atoms with van der Waals surface area (Å²) in [5.74, 6) is 0.390. The molecule has 0 saturated carbocycles. The number of carbonyl (C=O) groups excluding carboxylic acids is 1. The van der Waals surface area contributed by atoms with Crippen molar-refractivity contribution in [3.63, 3.8) is 0 Å². The van der Waals surface area contributed by atoms with Crippen molar-refractivity contribution in [2.75, 3.05) is 18.4 Å². The summed E-state index contributed by atoms with van der Waals surface area (Å²) in [4.78, 5) is 31.2. The molecule has 2 N–H and O–H groups in total. The number of carbonyl (C=O) groups is 1. The molecule has 0 unspecified atom stereocenters. The molecule has 10 nitrogen and oxygen atoms in total. The second kappa shape index (κ2) is 9.51. The van der Waals surface area contributed by atoms with Crippen LogP contribution in [0.2, 0.25) is 0 Å². The third-order valence-electron chi connectivity index (χ3n) is 6.34. The third-order valence-corrected chi connectivity index (χ3v) is 8.26. The highest BCUT2D eigenvalue weighted by atomic mass is 32.2. The molecule has 184 valence electrons. The Morgan fingerprint density at radius 3 is 2.36 bits per heavy atom. The van der Waals surface area contributed by atoms with Crippen molar-refractivity contribution in [3.8, 4) is 0 Å². The molecule has 4 aromatic rings. The van der Waals surface area contributed by atoms with E-state index in [1.165, 1.54) is 52.8 Å². The maximum atomic E-state index is 13.2. The van der Waals surface area contributed by atoms with Crippen LogP contribution in [0.4, 0.5) is 11.4 Å². The monoisotopic (exact) mass is 505 g/mol. The highest BCUT2D eigenvalue weighted by Gasteiger charge is 2.31. The van der Waals surface area contributed by atoms with Gasteiger partial charge in [0.2, 0.25) is 10.0 Å². The quantitative estimate of drug-likeness (QED) is 0.296. The van der Waals surface area contributed by atoms with Crippen LogP contribution in [0.1, 0.15) is 34.9 Å². The SMILES string of the molecule is O=C(Nc1ccc(S(=O)(=O)N2CCC(c3nc4ccccc4[nH]3)CC2)cc1)c1ccccc1[N+](=O)[O-]. The van der Waals surface area contributed by atoms with Crippen molar-refractivity contribution in [2.45, 2.75) is 23.7 Å². The fraction of sp³-hybridized carbons (Fsp3) is 0.200. The van der Waals surface area contributed by atoms with Crippen molar-refractivity contribution >= 4 is 38.3 Å². The lowest BCUT2D eigenvalue weighted by Gasteiger charge is -2.30. The lowest BCUT2D eigenvalue weighted by Crippen LogP contribution is -2.38. The first-order valence-corrected chi connectivity index (χ1v) is 12.9. The standard InChI is InChI=1S/C25H23N5O5S/c31-25(20-5-1-4-8-23(20)30(32)33)26-18-9-11-19(12-10-18)36(34,35)29-15-13-17(14-16-29)24-27-21-6-2-3-7-22(21)28-24/h1-12,17H,13-16H2,(H,26,31)(H,27,28). The maximum Gasteiger partial charge on any atom is 0.282 e. The van der Waals surface area contributed by atoms with Crippen molar-refractivity contribution in [1.29, 1.82) is 0 Å². The molecule has 0 spiro atoms. The fourth-order valence-electron chi connectivity index (χ4n) is 4.42. The number of rotatable bonds is 6. The Morgan fingerprint density at radius 1 is 1.00 bits per heavy atom. The summed E-state index contributed by atoms with van der Waals surface area (Å²) in [5.41, 5.74) is 1.82. The average Bonchev–Trinajstić information content (AvgIpc) is 3.33. The molecule has 0 atom stereocenters. The Labute approximate surface area is 207 Å². The van der Waals surface area contributed by atoms with Crippen LogP contribution in [0.3, 0.4) is 0 Å². The summed E-state index contributed by atoms with van der Waals surface area (Å²) in [6, 6.07) is 19.2. The molecule has 0 bridgehead atoms. The summed E-state index contributed by atoms with van der Waals surface area (Å²) in [6.07, 6.45) is 1.31. The number of amides is 1. The van der Waals surface area contributed by atoms with Crippen LogP contribution < -0.4 is 5.32 Å². The van der Waals surface area contributed by atoms with Crippen molar-refractivity contribution < 1.29 is 18.1 Å². The highest BCUT2D eigenvalue weighted by Crippen LogP contribution is 2.31. The molecule has 2 heterocycles. The fourth-order valence-corrected chi connectivity index (χ4v) is 5.89. The van der Waals surface area contributed by atoms with Crippen LogP contribution in [0.15, 0.2) is 77.7 Å². The number of aromatic nitrogens is 2. The molecular formula is C25H23N5O5S. The second-order valence-electron chi connectivity index (χ2n) is 8.57. The van der Waals surface area contributed by atoms with E-state index >= 15 is 0 Å². The number of nitro groups is 1. The van der Waals surface area contributed by atoms with Crippen LogP contribution in [-0.2, 0) is 10.0 Å². The number of piperidine rings is 1. The number of hydrogen-bond donors (Lipinski definition) is 2. The largest absolute Gasteiger partial charge is 0.342 e. The molecule has 1 aliphatic heterocycles. The number of H-pyrrole nitrogens is 1. The number of sulfonamides is 1. The number of anilines is 1. The van der Waals surface area contributed by atoms with Crippen molar-refractivity contribution in [3.05, 3.63) is 94.3 Å². The molecule has 1 saturated heterocycles. The Morgan fingerprint density at radius 2 is 1.67 bits per heavy atom. The van der Waals surface area contributed by atoms with Crippen LogP contribution in [-0.4, -0.2) is 46.6 Å². The first-order chi connectivity index (χ1) is 17.3. The number of nitrogens with zero attached hydrogens (tertiary/aromatic N) is 3. The topological polar surface area (TPSA) is 138 Å². The van der Waals surface area contributed by atoms with Gasteiger partial charge in [-0.25, -0.2) is 13.4 Å². The van der Waals surface area contributed by atoms with Gasteiger partial charge in [-0.15, -0.1) is 0 Å². The number of imidazole rings is 1. The van der Waals surface area contributed by atoms with Crippen molar-refractivity contribution in [1.82, 2.24) is 14.3 Å². The maximum absolute atomic E-state index is 13.2.